The summed E-state index contributed by atoms with van der Waals surface area (Å²) in [6.45, 7) is 3.47. The molecule has 88 valence electrons. The van der Waals surface area contributed by atoms with Crippen molar-refractivity contribution in [2.24, 2.45) is 5.92 Å². The van der Waals surface area contributed by atoms with Gasteiger partial charge in [0.25, 0.3) is 0 Å². The van der Waals surface area contributed by atoms with Gasteiger partial charge in [0.1, 0.15) is 5.82 Å². The summed E-state index contributed by atoms with van der Waals surface area (Å²) < 4.78 is 0. The van der Waals surface area contributed by atoms with Crippen LogP contribution in [0.1, 0.15) is 5.82 Å². The first-order valence-corrected chi connectivity index (χ1v) is 5.70. The molecule has 0 saturated carbocycles. The normalized spacial score (nSPS) is 15.8. The molecule has 3 N–H and O–H groups in total. The molecule has 0 atom stereocenters. The molecule has 1 aliphatic heterocycles. The molecule has 1 fully saturated rings. The monoisotopic (exact) mass is 230 g/mol. The summed E-state index contributed by atoms with van der Waals surface area (Å²) in [5.41, 5.74) is 2.69. The molecule has 0 bridgehead atoms. The summed E-state index contributed by atoms with van der Waals surface area (Å²) in [5.74, 6) is 1.07. The highest BCUT2D eigenvalue weighted by molar-refractivity contribution is 5.95. The second kappa shape index (κ2) is 3.85. The van der Waals surface area contributed by atoms with Crippen LogP contribution in [0.4, 0.5) is 5.69 Å². The van der Waals surface area contributed by atoms with Crippen LogP contribution in [-0.2, 0) is 4.79 Å². The second-order valence-electron chi connectivity index (χ2n) is 4.40. The van der Waals surface area contributed by atoms with Crippen molar-refractivity contribution < 1.29 is 4.79 Å². The Morgan fingerprint density at radius 3 is 3.00 bits per heavy atom. The molecule has 3 rings (SSSR count). The van der Waals surface area contributed by atoms with Gasteiger partial charge in [-0.1, -0.05) is 0 Å². The summed E-state index contributed by atoms with van der Waals surface area (Å²) >= 11 is 0. The van der Waals surface area contributed by atoms with Gasteiger partial charge >= 0.3 is 0 Å². The number of benzene rings is 1. The molecular formula is C12H14N4O. The number of aromatic nitrogens is 2. The van der Waals surface area contributed by atoms with Gasteiger partial charge in [-0.15, -0.1) is 0 Å². The van der Waals surface area contributed by atoms with Gasteiger partial charge in [0.05, 0.1) is 17.0 Å². The third kappa shape index (κ3) is 1.89. The summed E-state index contributed by atoms with van der Waals surface area (Å²) in [5, 5.41) is 6.00. The molecule has 1 saturated heterocycles. The first kappa shape index (κ1) is 10.3. The Labute approximate surface area is 98.6 Å². The molecule has 1 aromatic heterocycles. The lowest BCUT2D eigenvalue weighted by Gasteiger charge is -2.25. The number of fused-ring (bicyclic) bond motifs is 1. The maximum atomic E-state index is 11.8. The highest BCUT2D eigenvalue weighted by atomic mass is 16.2. The average Bonchev–Trinajstić information content (AvgIpc) is 2.54. The molecule has 5 nitrogen and oxygen atoms in total. The lowest BCUT2D eigenvalue weighted by molar-refractivity contribution is -0.121. The van der Waals surface area contributed by atoms with Gasteiger partial charge < -0.3 is 15.6 Å². The predicted molar refractivity (Wildman–Crippen MR) is 65.8 cm³/mol. The van der Waals surface area contributed by atoms with Crippen LogP contribution in [0.25, 0.3) is 11.0 Å². The topological polar surface area (TPSA) is 69.8 Å². The van der Waals surface area contributed by atoms with Crippen molar-refractivity contribution in [3.8, 4) is 0 Å². The molecule has 2 heterocycles. The van der Waals surface area contributed by atoms with Crippen molar-refractivity contribution in [2.45, 2.75) is 6.92 Å². The Kier molecular flexibility index (Phi) is 2.33. The number of aryl methyl sites for hydroxylation is 1. The molecule has 5 heteroatoms. The van der Waals surface area contributed by atoms with E-state index in [1.54, 1.807) is 0 Å². The summed E-state index contributed by atoms with van der Waals surface area (Å²) in [7, 11) is 0. The van der Waals surface area contributed by atoms with Crippen LogP contribution in [0, 0.1) is 12.8 Å². The van der Waals surface area contributed by atoms with Gasteiger partial charge in [-0.25, -0.2) is 4.98 Å². The average molecular weight is 230 g/mol. The Morgan fingerprint density at radius 1 is 1.47 bits per heavy atom. The Balaban J connectivity index is 1.82. The van der Waals surface area contributed by atoms with E-state index in [9.17, 15) is 4.79 Å². The Morgan fingerprint density at radius 2 is 2.29 bits per heavy atom. The number of H-pyrrole nitrogens is 1. The third-order valence-corrected chi connectivity index (χ3v) is 3.02. The highest BCUT2D eigenvalue weighted by Crippen LogP contribution is 2.18. The standard InChI is InChI=1S/C12H14N4O/c1-7-14-10-3-2-9(4-11(10)15-7)16-12(17)8-5-13-6-8/h2-4,8,13H,5-6H2,1H3,(H,14,15)(H,16,17). The molecule has 0 unspecified atom stereocenters. The zero-order chi connectivity index (χ0) is 11.8. The zero-order valence-corrected chi connectivity index (χ0v) is 9.58. The number of nitrogens with one attached hydrogen (secondary N) is 3. The van der Waals surface area contributed by atoms with E-state index < -0.39 is 0 Å². The van der Waals surface area contributed by atoms with Crippen LogP contribution in [0.5, 0.6) is 0 Å². The van der Waals surface area contributed by atoms with E-state index in [-0.39, 0.29) is 11.8 Å². The number of rotatable bonds is 2. The molecule has 17 heavy (non-hydrogen) atoms. The lowest BCUT2D eigenvalue weighted by atomic mass is 10.0. The lowest BCUT2D eigenvalue weighted by Crippen LogP contribution is -2.48. The molecule has 1 amide bonds. The molecule has 1 aromatic carbocycles. The van der Waals surface area contributed by atoms with Gasteiger partial charge in [0.15, 0.2) is 0 Å². The van der Waals surface area contributed by atoms with Crippen LogP contribution in [0.3, 0.4) is 0 Å². The maximum absolute atomic E-state index is 11.8. The fourth-order valence-corrected chi connectivity index (χ4v) is 1.93. The van der Waals surface area contributed by atoms with Crippen LogP contribution in [0.15, 0.2) is 18.2 Å². The Hall–Kier alpha value is -1.88. The van der Waals surface area contributed by atoms with Gasteiger partial charge in [0.2, 0.25) is 5.91 Å². The SMILES string of the molecule is Cc1nc2ccc(NC(=O)C3CNC3)cc2[nH]1. The number of hydrogen-bond donors (Lipinski definition) is 3. The number of carbonyl (C=O) groups excluding carboxylic acids is 1. The van der Waals surface area contributed by atoms with Crippen LogP contribution >= 0.6 is 0 Å². The van der Waals surface area contributed by atoms with E-state index in [4.69, 9.17) is 0 Å². The van der Waals surface area contributed by atoms with Gasteiger partial charge in [-0.3, -0.25) is 4.79 Å². The molecule has 1 aliphatic rings. The van der Waals surface area contributed by atoms with Crippen molar-refractivity contribution in [2.75, 3.05) is 18.4 Å². The van der Waals surface area contributed by atoms with Crippen LogP contribution < -0.4 is 10.6 Å². The predicted octanol–water partition coefficient (Wildman–Crippen LogP) is 1.03. The van der Waals surface area contributed by atoms with Gasteiger partial charge in [-0.05, 0) is 25.1 Å². The first-order valence-electron chi connectivity index (χ1n) is 5.70. The molecule has 0 aliphatic carbocycles. The minimum atomic E-state index is 0.0827. The minimum absolute atomic E-state index is 0.0827. The van der Waals surface area contributed by atoms with Gasteiger partial charge in [0, 0.05) is 18.8 Å². The van der Waals surface area contributed by atoms with E-state index in [2.05, 4.69) is 20.6 Å². The van der Waals surface area contributed by atoms with Gasteiger partial charge in [-0.2, -0.15) is 0 Å². The van der Waals surface area contributed by atoms with E-state index >= 15 is 0 Å². The van der Waals surface area contributed by atoms with Crippen molar-refractivity contribution in [3.63, 3.8) is 0 Å². The summed E-state index contributed by atoms with van der Waals surface area (Å²) in [4.78, 5) is 19.2. The number of anilines is 1. The van der Waals surface area contributed by atoms with Crippen molar-refractivity contribution >= 4 is 22.6 Å². The summed E-state index contributed by atoms with van der Waals surface area (Å²) in [6, 6.07) is 5.71. The van der Waals surface area contributed by atoms with Crippen molar-refractivity contribution in [3.05, 3.63) is 24.0 Å². The molecule has 0 radical (unpaired) electrons. The van der Waals surface area contributed by atoms with E-state index in [0.29, 0.717) is 0 Å². The molecule has 2 aromatic rings. The number of carbonyl (C=O) groups is 1. The number of hydrogen-bond acceptors (Lipinski definition) is 3. The fourth-order valence-electron chi connectivity index (χ4n) is 1.93. The minimum Gasteiger partial charge on any atom is -0.342 e. The van der Waals surface area contributed by atoms with E-state index in [0.717, 1.165) is 35.6 Å². The second-order valence-corrected chi connectivity index (χ2v) is 4.40. The number of imidazole rings is 1. The fraction of sp³-hybridized carbons (Fsp3) is 0.333. The van der Waals surface area contributed by atoms with Crippen LogP contribution in [0.2, 0.25) is 0 Å². The molecular weight excluding hydrogens is 216 g/mol. The van der Waals surface area contributed by atoms with E-state index in [1.807, 2.05) is 25.1 Å². The van der Waals surface area contributed by atoms with Crippen LogP contribution in [-0.4, -0.2) is 29.0 Å². The maximum Gasteiger partial charge on any atom is 0.230 e. The smallest absolute Gasteiger partial charge is 0.230 e. The highest BCUT2D eigenvalue weighted by Gasteiger charge is 2.24. The Bertz CT molecular complexity index is 571. The molecule has 0 spiro atoms. The van der Waals surface area contributed by atoms with Crippen molar-refractivity contribution in [1.29, 1.82) is 0 Å². The largest absolute Gasteiger partial charge is 0.342 e. The van der Waals surface area contributed by atoms with Crippen molar-refractivity contribution in [1.82, 2.24) is 15.3 Å². The van der Waals surface area contributed by atoms with E-state index in [1.165, 1.54) is 0 Å². The summed E-state index contributed by atoms with van der Waals surface area (Å²) in [6.07, 6.45) is 0. The third-order valence-electron chi connectivity index (χ3n) is 3.02. The first-order chi connectivity index (χ1) is 8.22. The number of nitrogens with zero attached hydrogens (tertiary/aromatic N) is 1. The number of aromatic amines is 1. The quantitative estimate of drug-likeness (QED) is 0.721. The number of amides is 1. The zero-order valence-electron chi connectivity index (χ0n) is 9.58.